The Kier molecular flexibility index (Phi) is 7.33. The van der Waals surface area contributed by atoms with Gasteiger partial charge in [-0.05, 0) is 37.6 Å². The topological polar surface area (TPSA) is 24.5 Å². The fourth-order valence-electron chi connectivity index (χ4n) is 2.96. The van der Waals surface area contributed by atoms with Gasteiger partial charge in [-0.1, -0.05) is 27.7 Å². The largest absolute Gasteiger partial charge is 0.379 e. The Hall–Kier alpha value is -0.120. The van der Waals surface area contributed by atoms with E-state index in [-0.39, 0.29) is 0 Å². The first-order valence-corrected chi connectivity index (χ1v) is 7.90. The van der Waals surface area contributed by atoms with Gasteiger partial charge in [0.25, 0.3) is 0 Å². The van der Waals surface area contributed by atoms with Crippen molar-refractivity contribution < 1.29 is 4.74 Å². The second-order valence-corrected chi connectivity index (χ2v) is 7.43. The average Bonchev–Trinajstić information content (AvgIpc) is 2.27. The number of rotatable bonds is 7. The van der Waals surface area contributed by atoms with E-state index in [2.05, 4.69) is 44.8 Å². The van der Waals surface area contributed by atoms with Gasteiger partial charge >= 0.3 is 0 Å². The standard InChI is InChI=1S/C16H34N2O/c1-14(12-16(3,4)5)6-7-17-15(2)13-18-8-10-19-11-9-18/h14-15,17H,6-13H2,1-5H3. The zero-order valence-electron chi connectivity index (χ0n) is 13.7. The Bertz CT molecular complexity index is 231. The Morgan fingerprint density at radius 2 is 1.79 bits per heavy atom. The highest BCUT2D eigenvalue weighted by Crippen LogP contribution is 2.25. The predicted molar refractivity (Wildman–Crippen MR) is 82.6 cm³/mol. The van der Waals surface area contributed by atoms with E-state index < -0.39 is 0 Å². The Labute approximate surface area is 120 Å². The van der Waals surface area contributed by atoms with E-state index in [1.54, 1.807) is 0 Å². The zero-order chi connectivity index (χ0) is 14.3. The molecular formula is C16H34N2O. The second kappa shape index (κ2) is 8.23. The molecule has 0 amide bonds. The van der Waals surface area contributed by atoms with Crippen LogP contribution in [0.4, 0.5) is 0 Å². The Morgan fingerprint density at radius 1 is 1.16 bits per heavy atom. The molecule has 0 saturated carbocycles. The minimum absolute atomic E-state index is 0.457. The Morgan fingerprint density at radius 3 is 2.37 bits per heavy atom. The van der Waals surface area contributed by atoms with Crippen molar-refractivity contribution in [1.82, 2.24) is 10.2 Å². The van der Waals surface area contributed by atoms with Gasteiger partial charge in [0.05, 0.1) is 13.2 Å². The third-order valence-corrected chi connectivity index (χ3v) is 3.73. The van der Waals surface area contributed by atoms with Gasteiger partial charge in [-0.15, -0.1) is 0 Å². The number of hydrogen-bond acceptors (Lipinski definition) is 3. The van der Waals surface area contributed by atoms with Gasteiger partial charge in [0.1, 0.15) is 0 Å². The molecule has 1 N–H and O–H groups in total. The fourth-order valence-corrected chi connectivity index (χ4v) is 2.96. The highest BCUT2D eigenvalue weighted by atomic mass is 16.5. The van der Waals surface area contributed by atoms with Crippen LogP contribution in [-0.4, -0.2) is 50.3 Å². The second-order valence-electron chi connectivity index (χ2n) is 7.43. The van der Waals surface area contributed by atoms with E-state index in [0.717, 1.165) is 45.3 Å². The number of hydrogen-bond donors (Lipinski definition) is 1. The van der Waals surface area contributed by atoms with Crippen molar-refractivity contribution in [2.45, 2.75) is 53.5 Å². The lowest BCUT2D eigenvalue weighted by molar-refractivity contribution is 0.0343. The highest BCUT2D eigenvalue weighted by Gasteiger charge is 2.16. The first kappa shape index (κ1) is 16.9. The molecule has 1 aliphatic rings. The van der Waals surface area contributed by atoms with Crippen LogP contribution in [-0.2, 0) is 4.74 Å². The predicted octanol–water partition coefficient (Wildman–Crippen LogP) is 2.76. The van der Waals surface area contributed by atoms with Gasteiger partial charge in [-0.3, -0.25) is 4.90 Å². The molecule has 2 atom stereocenters. The summed E-state index contributed by atoms with van der Waals surface area (Å²) in [6.45, 7) is 17.9. The van der Waals surface area contributed by atoms with Crippen LogP contribution in [0.2, 0.25) is 0 Å². The number of nitrogens with one attached hydrogen (secondary N) is 1. The van der Waals surface area contributed by atoms with Gasteiger partial charge in [0.15, 0.2) is 0 Å². The van der Waals surface area contributed by atoms with E-state index in [9.17, 15) is 0 Å². The molecule has 114 valence electrons. The molecule has 1 rings (SSSR count). The van der Waals surface area contributed by atoms with Crippen LogP contribution < -0.4 is 5.32 Å². The first-order chi connectivity index (χ1) is 8.87. The summed E-state index contributed by atoms with van der Waals surface area (Å²) in [5, 5.41) is 3.66. The SMILES string of the molecule is CC(CCNC(C)CN1CCOCC1)CC(C)(C)C. The maximum Gasteiger partial charge on any atom is 0.0594 e. The maximum absolute atomic E-state index is 5.38. The van der Waals surface area contributed by atoms with E-state index >= 15 is 0 Å². The normalized spacial score (nSPS) is 21.3. The van der Waals surface area contributed by atoms with E-state index in [1.807, 2.05) is 0 Å². The van der Waals surface area contributed by atoms with Crippen LogP contribution in [0.3, 0.4) is 0 Å². The smallest absolute Gasteiger partial charge is 0.0594 e. The van der Waals surface area contributed by atoms with Crippen LogP contribution in [0.5, 0.6) is 0 Å². The number of morpholine rings is 1. The van der Waals surface area contributed by atoms with Crippen LogP contribution in [0.1, 0.15) is 47.5 Å². The molecule has 1 aliphatic heterocycles. The zero-order valence-corrected chi connectivity index (χ0v) is 13.7. The molecule has 0 aromatic heterocycles. The van der Waals surface area contributed by atoms with E-state index in [4.69, 9.17) is 4.74 Å². The molecule has 0 bridgehead atoms. The molecule has 19 heavy (non-hydrogen) atoms. The van der Waals surface area contributed by atoms with Crippen molar-refractivity contribution in [3.63, 3.8) is 0 Å². The summed E-state index contributed by atoms with van der Waals surface area (Å²) in [6.07, 6.45) is 2.59. The minimum Gasteiger partial charge on any atom is -0.379 e. The highest BCUT2D eigenvalue weighted by molar-refractivity contribution is 4.72. The molecule has 1 saturated heterocycles. The van der Waals surface area contributed by atoms with Gasteiger partial charge in [-0.25, -0.2) is 0 Å². The van der Waals surface area contributed by atoms with Crippen LogP contribution in [0, 0.1) is 11.3 Å². The molecule has 1 fully saturated rings. The van der Waals surface area contributed by atoms with E-state index in [0.29, 0.717) is 11.5 Å². The number of ether oxygens (including phenoxy) is 1. The maximum atomic E-state index is 5.38. The van der Waals surface area contributed by atoms with E-state index in [1.165, 1.54) is 12.8 Å². The quantitative estimate of drug-likeness (QED) is 0.770. The van der Waals surface area contributed by atoms with Crippen molar-refractivity contribution in [1.29, 1.82) is 0 Å². The molecule has 0 radical (unpaired) electrons. The summed E-state index contributed by atoms with van der Waals surface area (Å²) >= 11 is 0. The third-order valence-electron chi connectivity index (χ3n) is 3.73. The van der Waals surface area contributed by atoms with Gasteiger partial charge in [0, 0.05) is 25.7 Å². The molecule has 3 heteroatoms. The van der Waals surface area contributed by atoms with Gasteiger partial charge < -0.3 is 10.1 Å². The van der Waals surface area contributed by atoms with Gasteiger partial charge in [0.2, 0.25) is 0 Å². The van der Waals surface area contributed by atoms with Crippen molar-refractivity contribution >= 4 is 0 Å². The Balaban J connectivity index is 2.07. The molecule has 3 nitrogen and oxygen atoms in total. The summed E-state index contributed by atoms with van der Waals surface area (Å²) < 4.78 is 5.38. The lowest BCUT2D eigenvalue weighted by Crippen LogP contribution is -2.44. The summed E-state index contributed by atoms with van der Waals surface area (Å²) in [5.74, 6) is 0.808. The third kappa shape index (κ3) is 8.61. The molecular weight excluding hydrogens is 236 g/mol. The lowest BCUT2D eigenvalue weighted by atomic mass is 9.84. The molecule has 0 aliphatic carbocycles. The lowest BCUT2D eigenvalue weighted by Gasteiger charge is -2.30. The summed E-state index contributed by atoms with van der Waals surface area (Å²) in [4.78, 5) is 2.50. The molecule has 0 aromatic carbocycles. The first-order valence-electron chi connectivity index (χ1n) is 7.90. The number of nitrogens with zero attached hydrogens (tertiary/aromatic N) is 1. The molecule has 2 unspecified atom stereocenters. The molecule has 1 heterocycles. The molecule has 0 aromatic rings. The monoisotopic (exact) mass is 270 g/mol. The average molecular weight is 270 g/mol. The molecule has 0 spiro atoms. The van der Waals surface area contributed by atoms with Crippen LogP contribution in [0.15, 0.2) is 0 Å². The minimum atomic E-state index is 0.457. The summed E-state index contributed by atoms with van der Waals surface area (Å²) in [7, 11) is 0. The summed E-state index contributed by atoms with van der Waals surface area (Å²) in [5.41, 5.74) is 0.457. The van der Waals surface area contributed by atoms with Crippen molar-refractivity contribution in [2.75, 3.05) is 39.4 Å². The van der Waals surface area contributed by atoms with Gasteiger partial charge in [-0.2, -0.15) is 0 Å². The van der Waals surface area contributed by atoms with Crippen molar-refractivity contribution in [2.24, 2.45) is 11.3 Å². The summed E-state index contributed by atoms with van der Waals surface area (Å²) in [6, 6.07) is 0.583. The van der Waals surface area contributed by atoms with Crippen molar-refractivity contribution in [3.8, 4) is 0 Å². The van der Waals surface area contributed by atoms with Crippen molar-refractivity contribution in [3.05, 3.63) is 0 Å². The van der Waals surface area contributed by atoms with Crippen LogP contribution >= 0.6 is 0 Å². The fraction of sp³-hybridized carbons (Fsp3) is 1.00. The van der Waals surface area contributed by atoms with Crippen LogP contribution in [0.25, 0.3) is 0 Å².